The van der Waals surface area contributed by atoms with E-state index >= 15 is 0 Å². The zero-order valence-electron chi connectivity index (χ0n) is 17.9. The minimum atomic E-state index is -0.514. The van der Waals surface area contributed by atoms with Crippen molar-refractivity contribution in [1.29, 1.82) is 0 Å². The summed E-state index contributed by atoms with van der Waals surface area (Å²) in [6, 6.07) is 7.19. The van der Waals surface area contributed by atoms with E-state index in [9.17, 15) is 9.59 Å². The van der Waals surface area contributed by atoms with E-state index in [1.807, 2.05) is 18.3 Å². The van der Waals surface area contributed by atoms with E-state index in [1.54, 1.807) is 22.8 Å². The first-order valence-corrected chi connectivity index (χ1v) is 11.3. The number of ketones is 1. The molecule has 0 saturated heterocycles. The Balaban J connectivity index is 1.47. The molecule has 3 heterocycles. The first kappa shape index (κ1) is 20.5. The van der Waals surface area contributed by atoms with Gasteiger partial charge in [-0.3, -0.25) is 9.59 Å². The molecule has 1 fully saturated rings. The number of anilines is 1. The number of primary amides is 1. The highest BCUT2D eigenvalue weighted by molar-refractivity contribution is 5.95. The van der Waals surface area contributed by atoms with Crippen LogP contribution in [0.1, 0.15) is 48.9 Å². The van der Waals surface area contributed by atoms with Gasteiger partial charge in [0.2, 0.25) is 5.91 Å². The van der Waals surface area contributed by atoms with E-state index in [-0.39, 0.29) is 5.92 Å². The molecule has 8 nitrogen and oxygen atoms in total. The lowest BCUT2D eigenvalue weighted by Crippen LogP contribution is -2.16. The number of nitrogens with zero attached hydrogens (tertiary/aromatic N) is 3. The first-order valence-electron chi connectivity index (χ1n) is 11.3. The molecule has 1 atom stereocenters. The molecule has 1 aliphatic heterocycles. The number of nitrogens with two attached hydrogens (primary N) is 1. The maximum Gasteiger partial charge on any atom is 0.248 e. The van der Waals surface area contributed by atoms with Crippen LogP contribution in [0.15, 0.2) is 36.7 Å². The van der Waals surface area contributed by atoms with Crippen LogP contribution in [0.25, 0.3) is 16.8 Å². The summed E-state index contributed by atoms with van der Waals surface area (Å²) in [5.41, 5.74) is 8.20. The van der Waals surface area contributed by atoms with Gasteiger partial charge in [-0.15, -0.1) is 0 Å². The SMILES string of the molecule is NC(=O)c1cc2cc(c1)-c1cnn3ccc(nc13)NCCC(CC(=O)C1CC1)CCCO2. The van der Waals surface area contributed by atoms with Gasteiger partial charge in [-0.2, -0.15) is 5.10 Å². The predicted octanol–water partition coefficient (Wildman–Crippen LogP) is 3.46. The molecule has 1 unspecified atom stereocenters. The molecular weight excluding hydrogens is 406 g/mol. The van der Waals surface area contributed by atoms with Crippen LogP contribution in [-0.2, 0) is 4.79 Å². The highest BCUT2D eigenvalue weighted by Gasteiger charge is 2.30. The molecule has 1 saturated carbocycles. The van der Waals surface area contributed by atoms with Gasteiger partial charge < -0.3 is 15.8 Å². The molecule has 0 radical (unpaired) electrons. The summed E-state index contributed by atoms with van der Waals surface area (Å²) in [4.78, 5) is 29.1. The molecule has 5 rings (SSSR count). The quantitative estimate of drug-likeness (QED) is 0.652. The van der Waals surface area contributed by atoms with Crippen molar-refractivity contribution in [2.24, 2.45) is 17.6 Å². The van der Waals surface area contributed by atoms with E-state index in [1.165, 1.54) is 0 Å². The second-order valence-corrected chi connectivity index (χ2v) is 8.77. The fourth-order valence-corrected chi connectivity index (χ4v) is 4.32. The highest BCUT2D eigenvalue weighted by Crippen LogP contribution is 2.34. The van der Waals surface area contributed by atoms with Crippen molar-refractivity contribution in [1.82, 2.24) is 14.6 Å². The third kappa shape index (κ3) is 4.44. The van der Waals surface area contributed by atoms with E-state index in [0.29, 0.717) is 41.7 Å². The highest BCUT2D eigenvalue weighted by atomic mass is 16.5. The Hall–Kier alpha value is -3.42. The van der Waals surface area contributed by atoms with Gasteiger partial charge in [0.25, 0.3) is 0 Å². The molecule has 3 aromatic rings. The minimum absolute atomic E-state index is 0.287. The number of carbonyl (C=O) groups is 2. The van der Waals surface area contributed by atoms with Crippen LogP contribution in [0.3, 0.4) is 0 Å². The van der Waals surface area contributed by atoms with Gasteiger partial charge >= 0.3 is 0 Å². The number of amides is 1. The Kier molecular flexibility index (Phi) is 5.51. The Labute approximate surface area is 186 Å². The van der Waals surface area contributed by atoms with Crippen LogP contribution < -0.4 is 15.8 Å². The number of aromatic nitrogens is 3. The molecule has 2 aromatic heterocycles. The van der Waals surface area contributed by atoms with Crippen LogP contribution in [0.5, 0.6) is 5.75 Å². The van der Waals surface area contributed by atoms with Crippen LogP contribution >= 0.6 is 0 Å². The molecule has 4 bridgehead atoms. The summed E-state index contributed by atoms with van der Waals surface area (Å²) in [6.45, 7) is 1.26. The lowest BCUT2D eigenvalue weighted by molar-refractivity contribution is -0.121. The Bertz CT molecular complexity index is 1170. The van der Waals surface area contributed by atoms with E-state index in [2.05, 4.69) is 10.4 Å². The van der Waals surface area contributed by atoms with E-state index in [0.717, 1.165) is 55.6 Å². The molecule has 32 heavy (non-hydrogen) atoms. The van der Waals surface area contributed by atoms with Crippen molar-refractivity contribution in [3.8, 4) is 16.9 Å². The standard InChI is InChI=1S/C24H27N5O3/c25-23(31)18-11-17-12-19(13-18)32-9-1-2-15(10-21(30)16-3-4-16)5-7-26-22-6-8-29-24(28-22)20(17)14-27-29/h6,8,11-16H,1-5,7,9-10H2,(H2,25,31)(H,26,28). The number of rotatable bonds is 4. The Morgan fingerprint density at radius 3 is 2.88 bits per heavy atom. The zero-order chi connectivity index (χ0) is 22.1. The summed E-state index contributed by atoms with van der Waals surface area (Å²) < 4.78 is 7.70. The van der Waals surface area contributed by atoms with Crippen molar-refractivity contribution >= 4 is 23.2 Å². The van der Waals surface area contributed by atoms with Gasteiger partial charge in [0.05, 0.1) is 12.8 Å². The van der Waals surface area contributed by atoms with Gasteiger partial charge in [0, 0.05) is 36.2 Å². The maximum atomic E-state index is 12.4. The number of fused-ring (bicyclic) bond motifs is 4. The summed E-state index contributed by atoms with van der Waals surface area (Å²) >= 11 is 0. The number of ether oxygens (including phenoxy) is 1. The maximum absolute atomic E-state index is 12.4. The molecule has 166 valence electrons. The lowest BCUT2D eigenvalue weighted by Gasteiger charge is -2.17. The van der Waals surface area contributed by atoms with Crippen LogP contribution in [0.4, 0.5) is 5.82 Å². The second-order valence-electron chi connectivity index (χ2n) is 8.77. The fraction of sp³-hybridized carbons (Fsp3) is 0.417. The Morgan fingerprint density at radius 2 is 2.06 bits per heavy atom. The summed E-state index contributed by atoms with van der Waals surface area (Å²) in [5, 5.41) is 7.80. The molecule has 3 N–H and O–H groups in total. The number of hydrogen-bond acceptors (Lipinski definition) is 6. The normalized spacial score (nSPS) is 18.9. The van der Waals surface area contributed by atoms with Crippen molar-refractivity contribution in [2.45, 2.75) is 38.5 Å². The summed E-state index contributed by atoms with van der Waals surface area (Å²) in [5.74, 6) is 1.83. The van der Waals surface area contributed by atoms with Gasteiger partial charge in [-0.25, -0.2) is 9.50 Å². The second kappa shape index (κ2) is 8.61. The number of carbonyl (C=O) groups excluding carboxylic acids is 2. The molecule has 0 spiro atoms. The predicted molar refractivity (Wildman–Crippen MR) is 121 cm³/mol. The lowest BCUT2D eigenvalue weighted by atomic mass is 9.92. The van der Waals surface area contributed by atoms with E-state index < -0.39 is 5.91 Å². The van der Waals surface area contributed by atoms with Crippen LogP contribution in [0, 0.1) is 11.8 Å². The minimum Gasteiger partial charge on any atom is -0.494 e. The molecule has 2 aliphatic rings. The molecule has 1 amide bonds. The molecule has 1 aliphatic carbocycles. The van der Waals surface area contributed by atoms with Crippen LogP contribution in [0.2, 0.25) is 0 Å². The Morgan fingerprint density at radius 1 is 1.19 bits per heavy atom. The third-order valence-corrected chi connectivity index (χ3v) is 6.28. The van der Waals surface area contributed by atoms with E-state index in [4.69, 9.17) is 15.5 Å². The van der Waals surface area contributed by atoms with Crippen molar-refractivity contribution in [3.63, 3.8) is 0 Å². The summed E-state index contributed by atoms with van der Waals surface area (Å²) in [7, 11) is 0. The third-order valence-electron chi connectivity index (χ3n) is 6.28. The smallest absolute Gasteiger partial charge is 0.248 e. The average molecular weight is 434 g/mol. The largest absolute Gasteiger partial charge is 0.494 e. The number of Topliss-reactive ketones (excluding diaryl/α,β-unsaturated/α-hetero) is 1. The molecule has 1 aromatic carbocycles. The van der Waals surface area contributed by atoms with Gasteiger partial charge in [0.15, 0.2) is 5.65 Å². The molecular formula is C24H27N5O3. The van der Waals surface area contributed by atoms with Crippen LogP contribution in [-0.4, -0.2) is 39.4 Å². The number of benzene rings is 1. The fourth-order valence-electron chi connectivity index (χ4n) is 4.32. The number of hydrogen-bond donors (Lipinski definition) is 2. The van der Waals surface area contributed by atoms with Crippen molar-refractivity contribution in [3.05, 3.63) is 42.2 Å². The van der Waals surface area contributed by atoms with Gasteiger partial charge in [-0.1, -0.05) is 0 Å². The number of nitrogens with one attached hydrogen (secondary N) is 1. The topological polar surface area (TPSA) is 112 Å². The zero-order valence-corrected chi connectivity index (χ0v) is 17.9. The van der Waals surface area contributed by atoms with Crippen molar-refractivity contribution in [2.75, 3.05) is 18.5 Å². The average Bonchev–Trinajstić information content (AvgIpc) is 3.55. The monoisotopic (exact) mass is 433 g/mol. The van der Waals surface area contributed by atoms with Gasteiger partial charge in [-0.05, 0) is 67.9 Å². The summed E-state index contributed by atoms with van der Waals surface area (Å²) in [6.07, 6.45) is 8.96. The van der Waals surface area contributed by atoms with Gasteiger partial charge in [0.1, 0.15) is 17.4 Å². The molecule has 8 heteroatoms. The van der Waals surface area contributed by atoms with Crippen molar-refractivity contribution < 1.29 is 14.3 Å². The first-order chi connectivity index (χ1) is 15.6.